The van der Waals surface area contributed by atoms with E-state index >= 15 is 0 Å². The maximum absolute atomic E-state index is 2.29. The predicted octanol–water partition coefficient (Wildman–Crippen LogP) is 1.72. The van der Waals surface area contributed by atoms with E-state index in [2.05, 4.69) is 13.8 Å². The Morgan fingerprint density at radius 2 is 2.14 bits per heavy atom. The Labute approximate surface area is 56.2 Å². The van der Waals surface area contributed by atoms with Gasteiger partial charge in [0.1, 0.15) is 0 Å². The summed E-state index contributed by atoms with van der Waals surface area (Å²) in [7, 11) is 0. The van der Waals surface area contributed by atoms with Gasteiger partial charge in [-0.1, -0.05) is 26.7 Å². The summed E-state index contributed by atoms with van der Waals surface area (Å²) >= 11 is 1.39. The number of hydrogen-bond acceptors (Lipinski definition) is 0. The van der Waals surface area contributed by atoms with Crippen molar-refractivity contribution in [3.05, 3.63) is 0 Å². The third-order valence-electron chi connectivity index (χ3n) is 1.14. The zero-order chi connectivity index (χ0) is 5.70. The Bertz CT molecular complexity index is 37.5. The maximum Gasteiger partial charge on any atom is 0.211 e. The van der Waals surface area contributed by atoms with Crippen LogP contribution in [0, 0.1) is 5.92 Å². The molecule has 0 bridgehead atoms. The Morgan fingerprint density at radius 1 is 1.57 bits per heavy atom. The van der Waals surface area contributed by atoms with Crippen molar-refractivity contribution in [1.29, 1.82) is 0 Å². The van der Waals surface area contributed by atoms with Crippen LogP contribution in [0.15, 0.2) is 0 Å². The normalized spacial score (nSPS) is 10.1. The lowest BCUT2D eigenvalue weighted by Crippen LogP contribution is -1.84. The zero-order valence-corrected chi connectivity index (χ0v) is 7.70. The third kappa shape index (κ3) is 6.53. The number of rotatable bonds is 3. The van der Waals surface area contributed by atoms with Gasteiger partial charge in [-0.25, -0.2) is 0 Å². The predicted molar refractivity (Wildman–Crippen MR) is 39.5 cm³/mol. The van der Waals surface area contributed by atoms with E-state index in [1.807, 2.05) is 0 Å². The Balaban J connectivity index is 0. The standard InChI is InChI=1S/C6H13.Al.H2.2H/c1-4-5-6(2)3;;;;/h6H,1,4-5H2,2-3H3;;1H;;. The molecule has 0 aromatic rings. The van der Waals surface area contributed by atoms with Crippen molar-refractivity contribution in [2.75, 3.05) is 0 Å². The Hall–Kier alpha value is 0.532. The molecule has 0 spiro atoms. The van der Waals surface area contributed by atoms with Gasteiger partial charge in [0.15, 0.2) is 0 Å². The van der Waals surface area contributed by atoms with Gasteiger partial charge in [0.25, 0.3) is 0 Å². The van der Waals surface area contributed by atoms with Crippen molar-refractivity contribution in [3.8, 4) is 0 Å². The Morgan fingerprint density at radius 3 is 2.29 bits per heavy atom. The van der Waals surface area contributed by atoms with E-state index in [1.165, 1.54) is 34.4 Å². The summed E-state index contributed by atoms with van der Waals surface area (Å²) in [5.74, 6) is 0.925. The molecule has 0 nitrogen and oxygen atoms in total. The molecule has 0 aliphatic rings. The summed E-state index contributed by atoms with van der Waals surface area (Å²) in [4.78, 5) is 0. The summed E-state index contributed by atoms with van der Waals surface area (Å²) in [6, 6.07) is 0. The van der Waals surface area contributed by atoms with E-state index in [1.54, 1.807) is 0 Å². The van der Waals surface area contributed by atoms with Crippen LogP contribution < -0.4 is 0 Å². The molecule has 0 N–H and O–H groups in total. The van der Waals surface area contributed by atoms with Crippen molar-refractivity contribution in [1.82, 2.24) is 0 Å². The van der Waals surface area contributed by atoms with Gasteiger partial charge in [0.05, 0.1) is 0 Å². The van der Waals surface area contributed by atoms with Crippen molar-refractivity contribution < 1.29 is 1.43 Å². The molecule has 0 amide bonds. The van der Waals surface area contributed by atoms with E-state index < -0.39 is 0 Å². The lowest BCUT2D eigenvalue weighted by atomic mass is 10.1. The van der Waals surface area contributed by atoms with Crippen molar-refractivity contribution in [3.63, 3.8) is 0 Å². The van der Waals surface area contributed by atoms with Crippen LogP contribution in [0.5, 0.6) is 0 Å². The molecule has 0 rings (SSSR count). The fourth-order valence-corrected chi connectivity index (χ4v) is 1.02. The van der Waals surface area contributed by atoms with E-state index in [4.69, 9.17) is 0 Å². The number of hydrogen-bond donors (Lipinski definition) is 0. The van der Waals surface area contributed by atoms with Crippen molar-refractivity contribution in [2.45, 2.75) is 32.0 Å². The highest BCUT2D eigenvalue weighted by Gasteiger charge is 1.88. The second-order valence-corrected chi connectivity index (χ2v) is 3.54. The van der Waals surface area contributed by atoms with Crippen LogP contribution >= 0.6 is 0 Å². The van der Waals surface area contributed by atoms with Gasteiger partial charge in [-0.3, -0.25) is 0 Å². The average Bonchev–Trinajstić information content (AvgIpc) is 1.61. The van der Waals surface area contributed by atoms with E-state index in [0.717, 1.165) is 5.92 Å². The van der Waals surface area contributed by atoms with E-state index in [0.29, 0.717) is 0 Å². The van der Waals surface area contributed by atoms with Gasteiger partial charge in [0.2, 0.25) is 16.3 Å². The van der Waals surface area contributed by atoms with Crippen LogP contribution in [-0.4, -0.2) is 16.3 Å². The molecule has 1 heteroatoms. The fraction of sp³-hybridized carbons (Fsp3) is 1.00. The molecule has 0 heterocycles. The summed E-state index contributed by atoms with van der Waals surface area (Å²) < 4.78 is 0. The summed E-state index contributed by atoms with van der Waals surface area (Å²) in [5.41, 5.74) is 0. The molecule has 0 aliphatic heterocycles. The first-order chi connectivity index (χ1) is 3.27. The Kier molecular flexibility index (Phi) is 5.04. The zero-order valence-electron chi connectivity index (χ0n) is 5.70. The fourth-order valence-electron chi connectivity index (χ4n) is 0.612. The summed E-state index contributed by atoms with van der Waals surface area (Å²) in [6.07, 6.45) is 2.90. The van der Waals surface area contributed by atoms with Crippen LogP contribution in [0.25, 0.3) is 0 Å². The van der Waals surface area contributed by atoms with Crippen LogP contribution in [0.3, 0.4) is 0 Å². The first-order valence-corrected chi connectivity index (χ1v) is 4.68. The minimum absolute atomic E-state index is 0. The summed E-state index contributed by atoms with van der Waals surface area (Å²) in [5, 5.41) is 1.48. The highest BCUT2D eigenvalue weighted by molar-refractivity contribution is 6.08. The smallest absolute Gasteiger partial charge is 0.101 e. The topological polar surface area (TPSA) is 0 Å². The molecule has 0 aromatic carbocycles. The van der Waals surface area contributed by atoms with E-state index in [9.17, 15) is 0 Å². The van der Waals surface area contributed by atoms with Gasteiger partial charge in [0, 0.05) is 1.43 Å². The second-order valence-electron chi connectivity index (χ2n) is 2.54. The van der Waals surface area contributed by atoms with Crippen LogP contribution in [0.1, 0.15) is 28.1 Å². The van der Waals surface area contributed by atoms with Gasteiger partial charge in [-0.2, -0.15) is 0 Å². The van der Waals surface area contributed by atoms with Gasteiger partial charge in [-0.15, -0.1) is 5.28 Å². The van der Waals surface area contributed by atoms with E-state index in [-0.39, 0.29) is 1.43 Å². The third-order valence-corrected chi connectivity index (χ3v) is 1.84. The molecule has 44 valence electrons. The molecule has 0 radical (unpaired) electrons. The highest BCUT2D eigenvalue weighted by Crippen LogP contribution is 2.03. The molecular formula is C6H17Al. The van der Waals surface area contributed by atoms with Crippen LogP contribution in [-0.2, 0) is 0 Å². The maximum atomic E-state index is 2.29. The van der Waals surface area contributed by atoms with Gasteiger partial charge in [-0.05, 0) is 5.92 Å². The SMILES string of the molecule is CC(C)CC[CH2][AlH2].[HH]. The molecule has 0 saturated heterocycles. The quantitative estimate of drug-likeness (QED) is 0.492. The highest BCUT2D eigenvalue weighted by atomic mass is 27.0. The molecule has 7 heavy (non-hydrogen) atoms. The molecule has 0 aliphatic carbocycles. The minimum atomic E-state index is 0. The van der Waals surface area contributed by atoms with Gasteiger partial charge < -0.3 is 0 Å². The molecular weight excluding hydrogens is 99.0 g/mol. The van der Waals surface area contributed by atoms with Gasteiger partial charge >= 0.3 is 0 Å². The molecule has 0 fully saturated rings. The minimum Gasteiger partial charge on any atom is -0.101 e. The van der Waals surface area contributed by atoms with Crippen molar-refractivity contribution in [2.24, 2.45) is 5.92 Å². The molecule has 0 unspecified atom stereocenters. The van der Waals surface area contributed by atoms with Crippen LogP contribution in [0.2, 0.25) is 5.28 Å². The van der Waals surface area contributed by atoms with Crippen molar-refractivity contribution >= 4 is 16.3 Å². The molecule has 0 atom stereocenters. The monoisotopic (exact) mass is 116 g/mol. The largest absolute Gasteiger partial charge is 0.211 e. The second kappa shape index (κ2) is 4.69. The van der Waals surface area contributed by atoms with Crippen LogP contribution in [0.4, 0.5) is 0 Å². The summed E-state index contributed by atoms with van der Waals surface area (Å²) in [6.45, 7) is 4.58. The lowest BCUT2D eigenvalue weighted by Gasteiger charge is -1.98. The average molecular weight is 116 g/mol. The molecule has 0 saturated carbocycles. The molecule has 0 aromatic heterocycles. The lowest BCUT2D eigenvalue weighted by molar-refractivity contribution is 0.576. The first-order valence-electron chi connectivity index (χ1n) is 3.27. The first kappa shape index (κ1) is 7.53.